The summed E-state index contributed by atoms with van der Waals surface area (Å²) in [5, 5.41) is 2.74. The van der Waals surface area contributed by atoms with Gasteiger partial charge >= 0.3 is 0 Å². The van der Waals surface area contributed by atoms with Crippen molar-refractivity contribution < 1.29 is 0 Å². The van der Waals surface area contributed by atoms with Gasteiger partial charge < -0.3 is 0 Å². The van der Waals surface area contributed by atoms with Gasteiger partial charge in [-0.3, -0.25) is 0 Å². The van der Waals surface area contributed by atoms with Crippen LogP contribution in [0.4, 0.5) is 0 Å². The van der Waals surface area contributed by atoms with Gasteiger partial charge in [-0.15, -0.1) is 0 Å². The molecule has 2 aromatic rings. The molecule has 1 unspecified atom stereocenters. The van der Waals surface area contributed by atoms with Gasteiger partial charge in [0.1, 0.15) is 0 Å². The highest BCUT2D eigenvalue weighted by Gasteiger charge is 2.25. The largest absolute Gasteiger partial charge is 0.0804 e. The van der Waals surface area contributed by atoms with Gasteiger partial charge in [0.05, 0.1) is 0 Å². The standard InChI is InChI=1S/C23H28/c1-17-7-8-23-16-22(14-13-21(23)15-17)20-11-9-19(10-12-20)18-5-3-2-4-6-18/h7-8,11,13-16,18-19H,2-6,9-10,12H2,1H3. The number of aryl methyl sites for hydroxylation is 1. The summed E-state index contributed by atoms with van der Waals surface area (Å²) in [5.74, 6) is 1.98. The van der Waals surface area contributed by atoms with E-state index < -0.39 is 0 Å². The number of hydrogen-bond donors (Lipinski definition) is 0. The first-order valence-electron chi connectivity index (χ1n) is 9.49. The second kappa shape index (κ2) is 6.51. The van der Waals surface area contributed by atoms with Crippen molar-refractivity contribution >= 4 is 16.3 Å². The summed E-state index contributed by atoms with van der Waals surface area (Å²) in [7, 11) is 0. The molecule has 2 aromatic carbocycles. The molecule has 0 N–H and O–H groups in total. The Kier molecular flexibility index (Phi) is 4.25. The molecule has 0 heteroatoms. The first kappa shape index (κ1) is 15.0. The van der Waals surface area contributed by atoms with Crippen LogP contribution in [0.15, 0.2) is 42.5 Å². The lowest BCUT2D eigenvalue weighted by molar-refractivity contribution is 0.235. The maximum atomic E-state index is 2.55. The van der Waals surface area contributed by atoms with Crippen molar-refractivity contribution in [1.29, 1.82) is 0 Å². The predicted molar refractivity (Wildman–Crippen MR) is 101 cm³/mol. The summed E-state index contributed by atoms with van der Waals surface area (Å²) >= 11 is 0. The quantitative estimate of drug-likeness (QED) is 0.565. The summed E-state index contributed by atoms with van der Waals surface area (Å²) in [6, 6.07) is 13.8. The van der Waals surface area contributed by atoms with Gasteiger partial charge in [-0.05, 0) is 66.0 Å². The molecule has 1 fully saturated rings. The van der Waals surface area contributed by atoms with E-state index in [2.05, 4.69) is 49.4 Å². The van der Waals surface area contributed by atoms with Crippen LogP contribution in [0.1, 0.15) is 62.5 Å². The third-order valence-corrected chi connectivity index (χ3v) is 6.13. The van der Waals surface area contributed by atoms with Crippen LogP contribution < -0.4 is 0 Å². The van der Waals surface area contributed by atoms with E-state index in [0.717, 1.165) is 11.8 Å². The molecule has 0 amide bonds. The molecule has 0 nitrogen and oxygen atoms in total. The zero-order chi connectivity index (χ0) is 15.6. The monoisotopic (exact) mass is 304 g/mol. The Balaban J connectivity index is 1.52. The zero-order valence-electron chi connectivity index (χ0n) is 14.4. The first-order valence-corrected chi connectivity index (χ1v) is 9.49. The van der Waals surface area contributed by atoms with E-state index in [4.69, 9.17) is 0 Å². The Morgan fingerprint density at radius 1 is 0.783 bits per heavy atom. The summed E-state index contributed by atoms with van der Waals surface area (Å²) in [6.45, 7) is 2.17. The van der Waals surface area contributed by atoms with Crippen molar-refractivity contribution in [1.82, 2.24) is 0 Å². The van der Waals surface area contributed by atoms with Crippen LogP contribution in [-0.4, -0.2) is 0 Å². The number of rotatable bonds is 2. The van der Waals surface area contributed by atoms with Crippen molar-refractivity contribution in [2.75, 3.05) is 0 Å². The number of hydrogen-bond acceptors (Lipinski definition) is 0. The van der Waals surface area contributed by atoms with E-state index in [9.17, 15) is 0 Å². The molecule has 0 bridgehead atoms. The molecular weight excluding hydrogens is 276 g/mol. The molecule has 1 atom stereocenters. The van der Waals surface area contributed by atoms with Crippen LogP contribution in [0.3, 0.4) is 0 Å². The second-order valence-electron chi connectivity index (χ2n) is 7.73. The zero-order valence-corrected chi connectivity index (χ0v) is 14.4. The summed E-state index contributed by atoms with van der Waals surface area (Å²) in [6.07, 6.45) is 13.9. The minimum absolute atomic E-state index is 0.960. The Bertz CT molecular complexity index is 716. The average molecular weight is 304 g/mol. The van der Waals surface area contributed by atoms with Crippen LogP contribution in [-0.2, 0) is 0 Å². The summed E-state index contributed by atoms with van der Waals surface area (Å²) in [4.78, 5) is 0. The maximum Gasteiger partial charge on any atom is -0.0178 e. The lowest BCUT2D eigenvalue weighted by Gasteiger charge is -2.32. The van der Waals surface area contributed by atoms with E-state index in [0.29, 0.717) is 0 Å². The van der Waals surface area contributed by atoms with Gasteiger partial charge in [-0.2, -0.15) is 0 Å². The van der Waals surface area contributed by atoms with Crippen LogP contribution >= 0.6 is 0 Å². The topological polar surface area (TPSA) is 0 Å². The molecule has 0 saturated heterocycles. The maximum absolute atomic E-state index is 2.55. The van der Waals surface area contributed by atoms with Gasteiger partial charge in [0.15, 0.2) is 0 Å². The third-order valence-electron chi connectivity index (χ3n) is 6.13. The van der Waals surface area contributed by atoms with Gasteiger partial charge in [0, 0.05) is 0 Å². The van der Waals surface area contributed by atoms with Gasteiger partial charge in [-0.25, -0.2) is 0 Å². The van der Waals surface area contributed by atoms with Crippen molar-refractivity contribution in [3.63, 3.8) is 0 Å². The summed E-state index contributed by atoms with van der Waals surface area (Å²) in [5.41, 5.74) is 4.38. The van der Waals surface area contributed by atoms with Crippen molar-refractivity contribution in [3.05, 3.63) is 53.6 Å². The smallest absolute Gasteiger partial charge is 0.0178 e. The molecule has 2 aliphatic rings. The molecular formula is C23H28. The highest BCUT2D eigenvalue weighted by molar-refractivity contribution is 5.87. The van der Waals surface area contributed by atoms with Crippen molar-refractivity contribution in [3.8, 4) is 0 Å². The van der Waals surface area contributed by atoms with Crippen LogP contribution in [0.2, 0.25) is 0 Å². The number of fused-ring (bicyclic) bond motifs is 1. The van der Waals surface area contributed by atoms with E-state index in [1.54, 1.807) is 5.57 Å². The predicted octanol–water partition coefficient (Wildman–Crippen LogP) is 6.91. The number of benzene rings is 2. The highest BCUT2D eigenvalue weighted by Crippen LogP contribution is 2.40. The normalized spacial score (nSPS) is 23.0. The molecule has 23 heavy (non-hydrogen) atoms. The molecule has 0 heterocycles. The average Bonchev–Trinajstić information content (AvgIpc) is 2.62. The molecule has 120 valence electrons. The molecule has 0 aromatic heterocycles. The minimum atomic E-state index is 0.960. The lowest BCUT2D eigenvalue weighted by atomic mass is 9.73. The Hall–Kier alpha value is -1.56. The van der Waals surface area contributed by atoms with Gasteiger partial charge in [0.25, 0.3) is 0 Å². The van der Waals surface area contributed by atoms with Gasteiger partial charge in [-0.1, -0.05) is 74.1 Å². The molecule has 4 rings (SSSR count). The third kappa shape index (κ3) is 3.22. The fourth-order valence-electron chi connectivity index (χ4n) is 4.72. The Morgan fingerprint density at radius 2 is 1.57 bits per heavy atom. The van der Waals surface area contributed by atoms with Crippen LogP contribution in [0.5, 0.6) is 0 Å². The second-order valence-corrected chi connectivity index (χ2v) is 7.73. The summed E-state index contributed by atoms with van der Waals surface area (Å²) < 4.78 is 0. The van der Waals surface area contributed by atoms with E-state index in [1.807, 2.05) is 0 Å². The Labute approximate surface area is 140 Å². The fourth-order valence-corrected chi connectivity index (χ4v) is 4.72. The minimum Gasteiger partial charge on any atom is -0.0804 e. The molecule has 0 aliphatic heterocycles. The van der Waals surface area contributed by atoms with Crippen molar-refractivity contribution in [2.45, 2.75) is 58.3 Å². The number of allylic oxidation sites excluding steroid dienone is 2. The van der Waals surface area contributed by atoms with E-state index in [1.165, 1.54) is 73.3 Å². The van der Waals surface area contributed by atoms with Gasteiger partial charge in [0.2, 0.25) is 0 Å². The molecule has 0 radical (unpaired) electrons. The lowest BCUT2D eigenvalue weighted by Crippen LogP contribution is -2.19. The highest BCUT2D eigenvalue weighted by atomic mass is 14.3. The fraction of sp³-hybridized carbons (Fsp3) is 0.478. The van der Waals surface area contributed by atoms with Crippen LogP contribution in [0.25, 0.3) is 16.3 Å². The van der Waals surface area contributed by atoms with E-state index in [-0.39, 0.29) is 0 Å². The van der Waals surface area contributed by atoms with Crippen molar-refractivity contribution in [2.24, 2.45) is 11.8 Å². The SMILES string of the molecule is Cc1ccc2cc(C3=CCC(C4CCCCC4)CC3)ccc2c1. The van der Waals surface area contributed by atoms with E-state index >= 15 is 0 Å². The molecule has 2 aliphatic carbocycles. The van der Waals surface area contributed by atoms with Crippen LogP contribution in [0, 0.1) is 18.8 Å². The molecule has 0 spiro atoms. The molecule has 1 saturated carbocycles. The first-order chi connectivity index (χ1) is 11.3. The Morgan fingerprint density at radius 3 is 2.35 bits per heavy atom.